The SMILES string of the molecule is CCCCc1ccc(NSc2ccc(C(F)(F)F)c(C(=O)N3CCN(c4ccccc4OC)CC3)c2)cc1. The van der Waals surface area contributed by atoms with Crippen LogP contribution in [-0.4, -0.2) is 44.1 Å². The minimum atomic E-state index is -4.63. The van der Waals surface area contributed by atoms with Crippen molar-refractivity contribution in [3.05, 3.63) is 83.4 Å². The zero-order valence-corrected chi connectivity index (χ0v) is 22.4. The molecule has 9 heteroatoms. The Labute approximate surface area is 226 Å². The Bertz CT molecular complexity index is 1230. The molecule has 1 amide bonds. The molecule has 4 rings (SSSR count). The van der Waals surface area contributed by atoms with Gasteiger partial charge in [-0.2, -0.15) is 13.2 Å². The number of halogens is 3. The predicted molar refractivity (Wildman–Crippen MR) is 147 cm³/mol. The van der Waals surface area contributed by atoms with E-state index in [2.05, 4.69) is 16.5 Å². The van der Waals surface area contributed by atoms with Gasteiger partial charge in [-0.1, -0.05) is 37.6 Å². The fourth-order valence-electron chi connectivity index (χ4n) is 4.46. The van der Waals surface area contributed by atoms with Crippen LogP contribution in [0.2, 0.25) is 0 Å². The lowest BCUT2D eigenvalue weighted by Crippen LogP contribution is -2.49. The minimum absolute atomic E-state index is 0.314. The van der Waals surface area contributed by atoms with Gasteiger partial charge in [0, 0.05) is 36.8 Å². The van der Waals surface area contributed by atoms with E-state index in [0.717, 1.165) is 42.5 Å². The fraction of sp³-hybridized carbons (Fsp3) is 0.345. The predicted octanol–water partition coefficient (Wildman–Crippen LogP) is 7.14. The van der Waals surface area contributed by atoms with Crippen LogP contribution >= 0.6 is 11.9 Å². The number of benzene rings is 3. The van der Waals surface area contributed by atoms with Gasteiger partial charge in [0.1, 0.15) is 5.75 Å². The van der Waals surface area contributed by atoms with Crippen molar-refractivity contribution in [2.45, 2.75) is 37.3 Å². The topological polar surface area (TPSA) is 44.8 Å². The number of ether oxygens (including phenoxy) is 1. The van der Waals surface area contributed by atoms with Gasteiger partial charge in [-0.3, -0.25) is 4.79 Å². The van der Waals surface area contributed by atoms with E-state index in [1.165, 1.54) is 34.5 Å². The second-order valence-electron chi connectivity index (χ2n) is 9.16. The quantitative estimate of drug-likeness (QED) is 0.291. The third kappa shape index (κ3) is 6.75. The Balaban J connectivity index is 1.46. The highest BCUT2D eigenvalue weighted by atomic mass is 32.2. The average molecular weight is 544 g/mol. The monoisotopic (exact) mass is 543 g/mol. The molecule has 1 aliphatic rings. The van der Waals surface area contributed by atoms with Crippen molar-refractivity contribution in [3.63, 3.8) is 0 Å². The van der Waals surface area contributed by atoms with Crippen LogP contribution in [0.15, 0.2) is 71.6 Å². The van der Waals surface area contributed by atoms with Crippen molar-refractivity contribution in [1.82, 2.24) is 4.90 Å². The Kier molecular flexibility index (Phi) is 9.09. The molecule has 0 bridgehead atoms. The molecule has 1 heterocycles. The molecule has 1 saturated heterocycles. The lowest BCUT2D eigenvalue weighted by molar-refractivity contribution is -0.138. The van der Waals surface area contributed by atoms with E-state index in [1.807, 2.05) is 48.5 Å². The smallest absolute Gasteiger partial charge is 0.417 e. The van der Waals surface area contributed by atoms with Crippen molar-refractivity contribution in [2.24, 2.45) is 0 Å². The second-order valence-corrected chi connectivity index (χ2v) is 10.0. The van der Waals surface area contributed by atoms with Gasteiger partial charge < -0.3 is 19.3 Å². The number of piperazine rings is 1. The highest BCUT2D eigenvalue weighted by Gasteiger charge is 2.37. The number of para-hydroxylation sites is 2. The first-order chi connectivity index (χ1) is 18.3. The van der Waals surface area contributed by atoms with Crippen LogP contribution in [0.4, 0.5) is 24.5 Å². The van der Waals surface area contributed by atoms with Gasteiger partial charge >= 0.3 is 6.18 Å². The van der Waals surface area contributed by atoms with Crippen molar-refractivity contribution in [3.8, 4) is 5.75 Å². The van der Waals surface area contributed by atoms with Crippen LogP contribution in [-0.2, 0) is 12.6 Å². The summed E-state index contributed by atoms with van der Waals surface area (Å²) >= 11 is 1.19. The molecule has 0 radical (unpaired) electrons. The highest BCUT2D eigenvalue weighted by molar-refractivity contribution is 8.00. The molecule has 0 spiro atoms. The number of alkyl halides is 3. The third-order valence-electron chi connectivity index (χ3n) is 6.58. The number of rotatable bonds is 9. The van der Waals surface area contributed by atoms with Crippen LogP contribution in [0, 0.1) is 0 Å². The van der Waals surface area contributed by atoms with Gasteiger partial charge in [-0.15, -0.1) is 0 Å². The number of nitrogens with one attached hydrogen (secondary N) is 1. The van der Waals surface area contributed by atoms with Gasteiger partial charge in [0.15, 0.2) is 0 Å². The van der Waals surface area contributed by atoms with Gasteiger partial charge in [-0.25, -0.2) is 0 Å². The fourth-order valence-corrected chi connectivity index (χ4v) is 5.15. The molecule has 0 atom stereocenters. The first-order valence-electron chi connectivity index (χ1n) is 12.7. The molecule has 202 valence electrons. The van der Waals surface area contributed by atoms with Crippen LogP contribution < -0.4 is 14.4 Å². The number of unbranched alkanes of at least 4 members (excludes halogenated alkanes) is 1. The number of hydrogen-bond acceptors (Lipinski definition) is 5. The van der Waals surface area contributed by atoms with Crippen molar-refractivity contribution in [1.29, 1.82) is 0 Å². The molecular weight excluding hydrogens is 511 g/mol. The molecule has 0 aliphatic carbocycles. The summed E-state index contributed by atoms with van der Waals surface area (Å²) in [7, 11) is 1.60. The van der Waals surface area contributed by atoms with Gasteiger partial charge in [0.2, 0.25) is 0 Å². The average Bonchev–Trinajstić information content (AvgIpc) is 2.94. The number of methoxy groups -OCH3 is 1. The zero-order chi connectivity index (χ0) is 27.1. The largest absolute Gasteiger partial charge is 0.495 e. The Morgan fingerprint density at radius 3 is 2.37 bits per heavy atom. The summed E-state index contributed by atoms with van der Waals surface area (Å²) in [6.07, 6.45) is -1.36. The summed E-state index contributed by atoms with van der Waals surface area (Å²) in [6.45, 7) is 3.77. The Hall–Kier alpha value is -3.33. The minimum Gasteiger partial charge on any atom is -0.495 e. The summed E-state index contributed by atoms with van der Waals surface area (Å²) in [5.74, 6) is 0.110. The van der Waals surface area contributed by atoms with E-state index in [0.29, 0.717) is 31.1 Å². The van der Waals surface area contributed by atoms with E-state index in [4.69, 9.17) is 4.74 Å². The van der Waals surface area contributed by atoms with Crippen LogP contribution in [0.5, 0.6) is 5.75 Å². The summed E-state index contributed by atoms with van der Waals surface area (Å²) < 4.78 is 50.1. The molecular formula is C29H32F3N3O2S. The summed E-state index contributed by atoms with van der Waals surface area (Å²) in [5.41, 5.74) is 1.75. The van der Waals surface area contributed by atoms with E-state index in [-0.39, 0.29) is 5.56 Å². The summed E-state index contributed by atoms with van der Waals surface area (Å²) in [5, 5.41) is 0. The normalized spacial score (nSPS) is 13.9. The number of hydrogen-bond donors (Lipinski definition) is 1. The van der Waals surface area contributed by atoms with Gasteiger partial charge in [-0.05, 0) is 72.8 Å². The number of nitrogens with zero attached hydrogens (tertiary/aromatic N) is 2. The first-order valence-corrected chi connectivity index (χ1v) is 13.5. The third-order valence-corrected chi connectivity index (χ3v) is 7.41. The van der Waals surface area contributed by atoms with Crippen LogP contribution in [0.3, 0.4) is 0 Å². The first kappa shape index (κ1) is 27.7. The number of carbonyl (C=O) groups excluding carboxylic acids is 1. The van der Waals surface area contributed by atoms with Crippen molar-refractivity contribution >= 4 is 29.2 Å². The molecule has 1 aliphatic heterocycles. The summed E-state index contributed by atoms with van der Waals surface area (Å²) in [4.78, 5) is 17.4. The molecule has 5 nitrogen and oxygen atoms in total. The molecule has 0 unspecified atom stereocenters. The lowest BCUT2D eigenvalue weighted by atomic mass is 10.1. The maximum absolute atomic E-state index is 13.8. The van der Waals surface area contributed by atoms with E-state index in [1.54, 1.807) is 7.11 Å². The van der Waals surface area contributed by atoms with E-state index in [9.17, 15) is 18.0 Å². The van der Waals surface area contributed by atoms with Crippen LogP contribution in [0.1, 0.15) is 41.3 Å². The molecule has 1 fully saturated rings. The number of carbonyl (C=O) groups is 1. The second kappa shape index (κ2) is 12.5. The van der Waals surface area contributed by atoms with E-state index < -0.39 is 17.6 Å². The molecule has 38 heavy (non-hydrogen) atoms. The Morgan fingerprint density at radius 2 is 1.71 bits per heavy atom. The number of amides is 1. The van der Waals surface area contributed by atoms with Gasteiger partial charge in [0.05, 0.1) is 23.9 Å². The standard InChI is InChI=1S/C29H32F3N3O2S/c1-3-4-7-21-10-12-22(13-11-21)33-38-23-14-15-25(29(30,31)32)24(20-23)28(36)35-18-16-34(17-19-35)26-8-5-6-9-27(26)37-2/h5-6,8-15,20,33H,3-4,7,16-19H2,1-2H3. The Morgan fingerprint density at radius 1 is 1.00 bits per heavy atom. The molecule has 1 N–H and O–H groups in total. The van der Waals surface area contributed by atoms with E-state index >= 15 is 0 Å². The molecule has 0 aromatic heterocycles. The highest BCUT2D eigenvalue weighted by Crippen LogP contribution is 2.36. The van der Waals surface area contributed by atoms with Gasteiger partial charge in [0.25, 0.3) is 5.91 Å². The maximum atomic E-state index is 13.8. The summed E-state index contributed by atoms with van der Waals surface area (Å²) in [6, 6.07) is 19.3. The maximum Gasteiger partial charge on any atom is 0.417 e. The van der Waals surface area contributed by atoms with Crippen molar-refractivity contribution in [2.75, 3.05) is 42.9 Å². The molecule has 3 aromatic carbocycles. The lowest BCUT2D eigenvalue weighted by Gasteiger charge is -2.37. The number of anilines is 2. The van der Waals surface area contributed by atoms with Crippen molar-refractivity contribution < 1.29 is 22.7 Å². The van der Waals surface area contributed by atoms with Crippen LogP contribution in [0.25, 0.3) is 0 Å². The molecule has 3 aromatic rings. The molecule has 0 saturated carbocycles. The number of aryl methyl sites for hydroxylation is 1. The zero-order valence-electron chi connectivity index (χ0n) is 21.6.